The summed E-state index contributed by atoms with van der Waals surface area (Å²) < 4.78 is 5.22. The lowest BCUT2D eigenvalue weighted by atomic mass is 9.57. The van der Waals surface area contributed by atoms with E-state index in [2.05, 4.69) is 15.9 Å². The van der Waals surface area contributed by atoms with Crippen LogP contribution in [0.3, 0.4) is 0 Å². The zero-order chi connectivity index (χ0) is 31.6. The number of likely N-dealkylation sites (tertiary alicyclic amines) is 2. The number of allylic oxidation sites excluding steroid dienone is 3. The minimum atomic E-state index is -1.88. The molecule has 44 heavy (non-hydrogen) atoms. The molecule has 12 heteroatoms. The molecule has 2 heterocycles. The Morgan fingerprint density at radius 2 is 1.73 bits per heavy atom. The van der Waals surface area contributed by atoms with Crippen LogP contribution in [-0.4, -0.2) is 72.5 Å². The highest BCUT2D eigenvalue weighted by molar-refractivity contribution is 9.09. The summed E-state index contributed by atoms with van der Waals surface area (Å²) in [4.78, 5) is 53.5. The van der Waals surface area contributed by atoms with Crippen molar-refractivity contribution < 1.29 is 34.1 Å². The van der Waals surface area contributed by atoms with Gasteiger partial charge in [0.2, 0.25) is 11.8 Å². The molecule has 1 saturated carbocycles. The van der Waals surface area contributed by atoms with Crippen molar-refractivity contribution in [3.05, 3.63) is 71.3 Å². The minimum absolute atomic E-state index is 0.0408. The van der Waals surface area contributed by atoms with E-state index in [1.807, 2.05) is 6.08 Å². The van der Waals surface area contributed by atoms with Gasteiger partial charge in [-0.25, -0.2) is 0 Å². The van der Waals surface area contributed by atoms with Gasteiger partial charge in [-0.1, -0.05) is 57.9 Å². The van der Waals surface area contributed by atoms with Gasteiger partial charge in [0, 0.05) is 12.5 Å². The van der Waals surface area contributed by atoms with Crippen LogP contribution in [0.4, 0.5) is 0 Å². The maximum Gasteiger partial charge on any atom is 0.254 e. The Morgan fingerprint density at radius 3 is 2.41 bits per heavy atom. The first kappa shape index (κ1) is 30.7. The molecule has 0 radical (unpaired) electrons. The molecule has 0 bridgehead atoms. The molecule has 4 amide bonds. The number of imide groups is 2. The summed E-state index contributed by atoms with van der Waals surface area (Å²) in [5, 5.41) is 19.6. The molecule has 3 fully saturated rings. The molecule has 2 saturated heterocycles. The van der Waals surface area contributed by atoms with Crippen molar-refractivity contribution in [2.45, 2.75) is 29.0 Å². The first-order valence-electron chi connectivity index (χ1n) is 14.1. The summed E-state index contributed by atoms with van der Waals surface area (Å²) in [6.07, 6.45) is 5.91. The highest BCUT2D eigenvalue weighted by atomic mass is 79.9. The second kappa shape index (κ2) is 11.2. The van der Waals surface area contributed by atoms with Gasteiger partial charge in [-0.3, -0.25) is 29.0 Å². The molecule has 2 aromatic rings. The molecule has 0 spiro atoms. The Morgan fingerprint density at radius 1 is 1.00 bits per heavy atom. The maximum absolute atomic E-state index is 13.9. The van der Waals surface area contributed by atoms with Crippen LogP contribution in [0.15, 0.2) is 60.2 Å². The number of hydrogen-bond acceptors (Lipinski definition) is 7. The number of fused-ring (bicyclic) bond motifs is 4. The average Bonchev–Trinajstić information content (AvgIpc) is 3.34. The Balaban J connectivity index is 1.38. The Labute approximate surface area is 272 Å². The van der Waals surface area contributed by atoms with Crippen LogP contribution in [0.2, 0.25) is 0 Å². The second-order valence-electron chi connectivity index (χ2n) is 11.6. The fraction of sp³-hybridized carbons (Fsp3) is 0.375. The van der Waals surface area contributed by atoms with Gasteiger partial charge in [0.25, 0.3) is 11.8 Å². The topological polar surface area (TPSA) is 124 Å². The van der Waals surface area contributed by atoms with E-state index in [1.165, 1.54) is 18.1 Å². The number of nitrogens with zero attached hydrogens (tertiary/aromatic N) is 2. The summed E-state index contributed by atoms with van der Waals surface area (Å²) in [5.74, 6) is -4.43. The van der Waals surface area contributed by atoms with E-state index in [0.717, 1.165) is 10.5 Å². The van der Waals surface area contributed by atoms with Crippen LogP contribution >= 0.6 is 39.1 Å². The van der Waals surface area contributed by atoms with Crippen LogP contribution in [0.25, 0.3) is 6.08 Å². The Kier molecular flexibility index (Phi) is 7.83. The second-order valence-corrected chi connectivity index (χ2v) is 13.3. The lowest BCUT2D eigenvalue weighted by molar-refractivity contribution is -0.141. The Hall–Kier alpha value is -3.34. The summed E-state index contributed by atoms with van der Waals surface area (Å²) in [6.45, 7) is 0.170. The number of hydrogen-bond donors (Lipinski definition) is 2. The van der Waals surface area contributed by atoms with E-state index in [0.29, 0.717) is 17.6 Å². The molecule has 2 aromatic carbocycles. The molecule has 4 aliphatic rings. The third kappa shape index (κ3) is 4.48. The maximum atomic E-state index is 13.9. The number of amides is 4. The lowest BCUT2D eigenvalue weighted by Crippen LogP contribution is -2.60. The van der Waals surface area contributed by atoms with Crippen LogP contribution in [0.1, 0.15) is 24.0 Å². The highest BCUT2D eigenvalue weighted by Crippen LogP contribution is 2.63. The molecule has 2 aliphatic heterocycles. The standard InChI is InChI=1S/C32H29BrCl2N2O7/c1-44-25-14-18(5-11-24(25)39)4-10-23-20-8-9-21-26(22(20)15-31(34)29(42)37(16-33)30(43)32(23,31)35)28(41)36(27(21)40)13-12-17-2-6-19(38)7-3-17/h2-8,10-11,14,21-23,26,38-39H,9,12-13,15-16H2,1H3/t21-,22+,23-,26-,31+,32-/m0/s1. The van der Waals surface area contributed by atoms with Gasteiger partial charge in [-0.05, 0) is 60.6 Å². The molecule has 2 N–H and O–H groups in total. The van der Waals surface area contributed by atoms with Crippen LogP contribution in [0.5, 0.6) is 17.2 Å². The van der Waals surface area contributed by atoms with Crippen molar-refractivity contribution in [1.29, 1.82) is 0 Å². The van der Waals surface area contributed by atoms with E-state index in [9.17, 15) is 29.4 Å². The zero-order valence-corrected chi connectivity index (χ0v) is 26.7. The van der Waals surface area contributed by atoms with Gasteiger partial charge in [0.05, 0.1) is 24.4 Å². The number of aromatic hydroxyl groups is 2. The van der Waals surface area contributed by atoms with E-state index >= 15 is 0 Å². The molecular weight excluding hydrogens is 675 g/mol. The number of halogens is 3. The number of alkyl halides is 3. The molecule has 230 valence electrons. The molecule has 9 nitrogen and oxygen atoms in total. The summed E-state index contributed by atoms with van der Waals surface area (Å²) in [7, 11) is 1.43. The minimum Gasteiger partial charge on any atom is -0.508 e. The third-order valence-electron chi connectivity index (χ3n) is 9.41. The number of phenolic OH excluding ortho intramolecular Hbond substituents is 2. The third-order valence-corrected chi connectivity index (χ3v) is 11.3. The van der Waals surface area contributed by atoms with Gasteiger partial charge >= 0.3 is 0 Å². The first-order chi connectivity index (χ1) is 21.0. The van der Waals surface area contributed by atoms with Crippen molar-refractivity contribution in [2.24, 2.45) is 23.7 Å². The molecule has 2 aliphatic carbocycles. The number of rotatable bonds is 7. The number of benzene rings is 2. The quantitative estimate of drug-likeness (QED) is 0.187. The molecule has 0 aromatic heterocycles. The predicted molar refractivity (Wildman–Crippen MR) is 166 cm³/mol. The Bertz CT molecular complexity index is 1630. The van der Waals surface area contributed by atoms with Gasteiger partial charge < -0.3 is 14.9 Å². The fourth-order valence-electron chi connectivity index (χ4n) is 7.20. The number of methoxy groups -OCH3 is 1. The number of phenols is 2. The highest BCUT2D eigenvalue weighted by Gasteiger charge is 2.75. The average molecular weight is 704 g/mol. The monoisotopic (exact) mass is 702 g/mol. The zero-order valence-electron chi connectivity index (χ0n) is 23.6. The number of carbonyl (C=O) groups excluding carboxylic acids is 4. The number of carbonyl (C=O) groups is 4. The van der Waals surface area contributed by atoms with Crippen LogP contribution < -0.4 is 4.74 Å². The van der Waals surface area contributed by atoms with Crippen molar-refractivity contribution in [1.82, 2.24) is 9.80 Å². The van der Waals surface area contributed by atoms with Crippen molar-refractivity contribution in [2.75, 3.05) is 19.1 Å². The van der Waals surface area contributed by atoms with Crippen molar-refractivity contribution >= 4 is 68.8 Å². The summed E-state index contributed by atoms with van der Waals surface area (Å²) in [6, 6.07) is 11.3. The van der Waals surface area contributed by atoms with E-state index in [1.54, 1.807) is 48.6 Å². The van der Waals surface area contributed by atoms with Gasteiger partial charge in [-0.15, -0.1) is 23.2 Å². The van der Waals surface area contributed by atoms with E-state index in [4.69, 9.17) is 27.9 Å². The van der Waals surface area contributed by atoms with E-state index < -0.39 is 45.2 Å². The van der Waals surface area contributed by atoms with Crippen LogP contribution in [0, 0.1) is 23.7 Å². The smallest absolute Gasteiger partial charge is 0.254 e. The molecule has 0 unspecified atom stereocenters. The normalized spacial score (nSPS) is 31.3. The van der Waals surface area contributed by atoms with Gasteiger partial charge in [0.1, 0.15) is 5.75 Å². The van der Waals surface area contributed by atoms with Gasteiger partial charge in [-0.2, -0.15) is 0 Å². The van der Waals surface area contributed by atoms with Crippen molar-refractivity contribution in [3.8, 4) is 17.2 Å². The molecule has 6 rings (SSSR count). The summed E-state index contributed by atoms with van der Waals surface area (Å²) in [5.41, 5.74) is 2.09. The lowest BCUT2D eigenvalue weighted by Gasteiger charge is -2.49. The predicted octanol–water partition coefficient (Wildman–Crippen LogP) is 4.61. The first-order valence-corrected chi connectivity index (χ1v) is 16.0. The van der Waals surface area contributed by atoms with Gasteiger partial charge in [0.15, 0.2) is 21.2 Å². The summed E-state index contributed by atoms with van der Waals surface area (Å²) >= 11 is 17.6. The number of ether oxygens (including phenoxy) is 1. The molecular formula is C32H29BrCl2N2O7. The fourth-order valence-corrected chi connectivity index (χ4v) is 8.58. The van der Waals surface area contributed by atoms with Crippen LogP contribution in [-0.2, 0) is 25.6 Å². The largest absolute Gasteiger partial charge is 0.508 e. The van der Waals surface area contributed by atoms with E-state index in [-0.39, 0.29) is 53.9 Å². The van der Waals surface area contributed by atoms with Crippen molar-refractivity contribution in [3.63, 3.8) is 0 Å². The SMILES string of the molecule is COc1cc(C=C[C@H]2C3=CC[C@@H]4C(=O)N(CCc5ccc(O)cc5)C(=O)[C@@H]4[C@@H]3C[C@@]3(Cl)C(=O)N(CBr)C(=O)[C@@]23Cl)ccc1O. The molecule has 6 atom stereocenters.